The Morgan fingerprint density at radius 1 is 1.22 bits per heavy atom. The molecule has 0 bridgehead atoms. The van der Waals surface area contributed by atoms with E-state index in [1.54, 1.807) is 17.9 Å². The molecular weight excluding hydrogens is 430 g/mol. The molecule has 9 nitrogen and oxygen atoms in total. The van der Waals surface area contributed by atoms with Crippen molar-refractivity contribution < 1.29 is 19.4 Å². The molecule has 0 saturated heterocycles. The third-order valence-electron chi connectivity index (χ3n) is 4.93. The van der Waals surface area contributed by atoms with Gasteiger partial charge >= 0.3 is 5.97 Å². The first-order valence-electron chi connectivity index (χ1n) is 9.80. The van der Waals surface area contributed by atoms with Gasteiger partial charge in [0.1, 0.15) is 18.1 Å². The Kier molecular flexibility index (Phi) is 6.41. The number of benzene rings is 2. The molecule has 164 valence electrons. The van der Waals surface area contributed by atoms with E-state index < -0.39 is 17.9 Å². The maximum Gasteiger partial charge on any atom is 0.326 e. The molecule has 10 heteroatoms. The monoisotopic (exact) mass is 451 g/mol. The number of carboxylic acids is 1. The number of hydrogen-bond donors (Lipinski definition) is 3. The molecule has 1 atom stereocenters. The molecule has 0 aliphatic heterocycles. The number of thioether (sulfide) groups is 1. The lowest BCUT2D eigenvalue weighted by Crippen LogP contribution is -2.43. The van der Waals surface area contributed by atoms with Crippen molar-refractivity contribution in [3.8, 4) is 11.4 Å². The normalized spacial score (nSPS) is 11.9. The zero-order chi connectivity index (χ0) is 22.5. The van der Waals surface area contributed by atoms with E-state index in [9.17, 15) is 14.7 Å². The van der Waals surface area contributed by atoms with Gasteiger partial charge in [0.15, 0.2) is 5.16 Å². The van der Waals surface area contributed by atoms with Gasteiger partial charge in [-0.2, -0.15) is 0 Å². The lowest BCUT2D eigenvalue weighted by molar-refractivity contribution is -0.141. The van der Waals surface area contributed by atoms with Crippen LogP contribution >= 0.6 is 11.8 Å². The van der Waals surface area contributed by atoms with Gasteiger partial charge in [-0.25, -0.2) is 4.79 Å². The average Bonchev–Trinajstić information content (AvgIpc) is 3.44. The van der Waals surface area contributed by atoms with Crippen LogP contribution in [0, 0.1) is 0 Å². The zero-order valence-corrected chi connectivity index (χ0v) is 18.0. The Balaban J connectivity index is 1.42. The van der Waals surface area contributed by atoms with E-state index >= 15 is 0 Å². The molecule has 0 radical (unpaired) electrons. The average molecular weight is 452 g/mol. The number of hydrogen-bond acceptors (Lipinski definition) is 6. The van der Waals surface area contributed by atoms with E-state index in [0.717, 1.165) is 33.9 Å². The molecule has 0 unspecified atom stereocenters. The molecular formula is C22H21N5O4S. The SMILES string of the molecule is COc1ccccc1-n1cnnc1SCC(=O)N[C@@H](Cc1c[nH]c2ccccc12)C(=O)O. The second-order valence-corrected chi connectivity index (χ2v) is 7.91. The van der Waals surface area contributed by atoms with Gasteiger partial charge in [0.25, 0.3) is 0 Å². The van der Waals surface area contributed by atoms with Gasteiger partial charge in [0, 0.05) is 23.5 Å². The molecule has 0 fully saturated rings. The van der Waals surface area contributed by atoms with Gasteiger partial charge in [-0.15, -0.1) is 10.2 Å². The summed E-state index contributed by atoms with van der Waals surface area (Å²) in [5.41, 5.74) is 2.49. The number of aromatic amines is 1. The standard InChI is InChI=1S/C22H21N5O4S/c1-31-19-9-5-4-8-18(19)27-13-24-26-22(27)32-12-20(28)25-17(21(29)30)10-14-11-23-16-7-3-2-6-15(14)16/h2-9,11,13,17,23H,10,12H2,1H3,(H,25,28)(H,29,30)/t17-/m0/s1. The van der Waals surface area contributed by atoms with Crippen LogP contribution in [0.25, 0.3) is 16.6 Å². The number of aliphatic carboxylic acids is 1. The van der Waals surface area contributed by atoms with Gasteiger partial charge in [-0.3, -0.25) is 9.36 Å². The molecule has 0 saturated carbocycles. The molecule has 2 aromatic carbocycles. The highest BCUT2D eigenvalue weighted by Crippen LogP contribution is 2.26. The number of carbonyl (C=O) groups is 2. The number of fused-ring (bicyclic) bond motifs is 1. The van der Waals surface area contributed by atoms with Crippen molar-refractivity contribution >= 4 is 34.5 Å². The van der Waals surface area contributed by atoms with Crippen LogP contribution in [0.2, 0.25) is 0 Å². The number of nitrogens with one attached hydrogen (secondary N) is 2. The van der Waals surface area contributed by atoms with Gasteiger partial charge in [0.05, 0.1) is 18.6 Å². The molecule has 4 aromatic rings. The van der Waals surface area contributed by atoms with Crippen LogP contribution in [0.5, 0.6) is 5.75 Å². The number of ether oxygens (including phenoxy) is 1. The maximum atomic E-state index is 12.5. The molecule has 1 amide bonds. The number of nitrogens with zero attached hydrogens (tertiary/aromatic N) is 3. The fourth-order valence-corrected chi connectivity index (χ4v) is 4.14. The first-order chi connectivity index (χ1) is 15.6. The highest BCUT2D eigenvalue weighted by molar-refractivity contribution is 7.99. The van der Waals surface area contributed by atoms with E-state index in [1.807, 2.05) is 48.5 Å². The molecule has 0 spiro atoms. The summed E-state index contributed by atoms with van der Waals surface area (Å²) in [7, 11) is 1.57. The van der Waals surface area contributed by atoms with Gasteiger partial charge in [-0.05, 0) is 23.8 Å². The zero-order valence-electron chi connectivity index (χ0n) is 17.2. The van der Waals surface area contributed by atoms with Crippen molar-refractivity contribution in [2.45, 2.75) is 17.6 Å². The number of carbonyl (C=O) groups excluding carboxylic acids is 1. The van der Waals surface area contributed by atoms with Crippen molar-refractivity contribution in [2.75, 3.05) is 12.9 Å². The summed E-state index contributed by atoms with van der Waals surface area (Å²) in [6.07, 6.45) is 3.49. The molecule has 0 aliphatic carbocycles. The second kappa shape index (κ2) is 9.56. The molecule has 32 heavy (non-hydrogen) atoms. The minimum Gasteiger partial charge on any atom is -0.495 e. The minimum atomic E-state index is -1.09. The quantitative estimate of drug-likeness (QED) is 0.334. The Bertz CT molecular complexity index is 1250. The smallest absolute Gasteiger partial charge is 0.326 e. The van der Waals surface area contributed by atoms with E-state index in [4.69, 9.17) is 4.74 Å². The Labute approximate surface area is 187 Å². The predicted octanol–water partition coefficient (Wildman–Crippen LogP) is 2.66. The topological polar surface area (TPSA) is 122 Å². The lowest BCUT2D eigenvalue weighted by atomic mass is 10.1. The van der Waals surface area contributed by atoms with Crippen LogP contribution in [-0.4, -0.2) is 55.6 Å². The molecule has 2 heterocycles. The third kappa shape index (κ3) is 4.59. The minimum absolute atomic E-state index is 0.00843. The van der Waals surface area contributed by atoms with Crippen LogP contribution in [0.15, 0.2) is 66.2 Å². The van der Waals surface area contributed by atoms with Gasteiger partial charge in [-0.1, -0.05) is 42.1 Å². The van der Waals surface area contributed by atoms with Crippen LogP contribution in [0.4, 0.5) is 0 Å². The highest BCUT2D eigenvalue weighted by Gasteiger charge is 2.22. The van der Waals surface area contributed by atoms with E-state index in [1.165, 1.54) is 6.33 Å². The van der Waals surface area contributed by atoms with Crippen molar-refractivity contribution in [2.24, 2.45) is 0 Å². The molecule has 0 aliphatic rings. The fourth-order valence-electron chi connectivity index (χ4n) is 3.40. The van der Waals surface area contributed by atoms with Gasteiger partial charge < -0.3 is 20.1 Å². The number of para-hydroxylation sites is 3. The van der Waals surface area contributed by atoms with Gasteiger partial charge in [0.2, 0.25) is 5.91 Å². The van der Waals surface area contributed by atoms with Crippen molar-refractivity contribution in [3.63, 3.8) is 0 Å². The fraction of sp³-hybridized carbons (Fsp3) is 0.182. The summed E-state index contributed by atoms with van der Waals surface area (Å²) < 4.78 is 7.10. The summed E-state index contributed by atoms with van der Waals surface area (Å²) in [4.78, 5) is 27.4. The van der Waals surface area contributed by atoms with E-state index in [-0.39, 0.29) is 12.2 Å². The predicted molar refractivity (Wildman–Crippen MR) is 120 cm³/mol. The number of aromatic nitrogens is 4. The van der Waals surface area contributed by atoms with Crippen molar-refractivity contribution in [3.05, 3.63) is 66.6 Å². The number of carboxylic acid groups (broad SMARTS) is 1. The summed E-state index contributed by atoms with van der Waals surface area (Å²) in [6.45, 7) is 0. The summed E-state index contributed by atoms with van der Waals surface area (Å²) in [5.74, 6) is -0.864. The Hall–Kier alpha value is -3.79. The molecule has 3 N–H and O–H groups in total. The summed E-state index contributed by atoms with van der Waals surface area (Å²) in [5, 5.41) is 21.7. The van der Waals surface area contributed by atoms with Crippen LogP contribution < -0.4 is 10.1 Å². The number of methoxy groups -OCH3 is 1. The first kappa shape index (κ1) is 21.4. The Morgan fingerprint density at radius 3 is 2.81 bits per heavy atom. The largest absolute Gasteiger partial charge is 0.495 e. The van der Waals surface area contributed by atoms with Crippen LogP contribution in [0.3, 0.4) is 0 Å². The summed E-state index contributed by atoms with van der Waals surface area (Å²) in [6, 6.07) is 14.0. The number of amides is 1. The van der Waals surface area contributed by atoms with Crippen molar-refractivity contribution in [1.29, 1.82) is 0 Å². The Morgan fingerprint density at radius 2 is 2.00 bits per heavy atom. The highest BCUT2D eigenvalue weighted by atomic mass is 32.2. The summed E-state index contributed by atoms with van der Waals surface area (Å²) >= 11 is 1.16. The maximum absolute atomic E-state index is 12.5. The van der Waals surface area contributed by atoms with E-state index in [2.05, 4.69) is 20.5 Å². The van der Waals surface area contributed by atoms with Crippen LogP contribution in [-0.2, 0) is 16.0 Å². The lowest BCUT2D eigenvalue weighted by Gasteiger charge is -2.14. The molecule has 4 rings (SSSR count). The first-order valence-corrected chi connectivity index (χ1v) is 10.8. The third-order valence-corrected chi connectivity index (χ3v) is 5.87. The number of rotatable bonds is 9. The number of H-pyrrole nitrogens is 1. The second-order valence-electron chi connectivity index (χ2n) is 6.97. The van der Waals surface area contributed by atoms with Crippen molar-refractivity contribution in [1.82, 2.24) is 25.1 Å². The van der Waals surface area contributed by atoms with E-state index in [0.29, 0.717) is 10.9 Å². The molecule has 2 aromatic heterocycles. The van der Waals surface area contributed by atoms with Crippen LogP contribution in [0.1, 0.15) is 5.56 Å².